The van der Waals surface area contributed by atoms with E-state index < -0.39 is 12.1 Å². The van der Waals surface area contributed by atoms with Crippen molar-refractivity contribution >= 4 is 17.7 Å². The van der Waals surface area contributed by atoms with Crippen LogP contribution in [0.15, 0.2) is 101 Å². The molecule has 0 aliphatic rings. The zero-order valence-electron chi connectivity index (χ0n) is 20.4. The highest BCUT2D eigenvalue weighted by molar-refractivity contribution is 7.99. The van der Waals surface area contributed by atoms with E-state index in [9.17, 15) is 9.59 Å². The third-order valence-electron chi connectivity index (χ3n) is 5.93. The van der Waals surface area contributed by atoms with Crippen LogP contribution in [0.25, 0.3) is 22.3 Å². The molecule has 6 heteroatoms. The summed E-state index contributed by atoms with van der Waals surface area (Å²) in [4.78, 5) is 24.6. The number of ether oxygens (including phenoxy) is 1. The molecule has 0 amide bonds. The number of rotatable bonds is 10. The van der Waals surface area contributed by atoms with Crippen molar-refractivity contribution in [3.63, 3.8) is 0 Å². The summed E-state index contributed by atoms with van der Waals surface area (Å²) in [6, 6.07) is 27.6. The number of carboxylic acid groups (broad SMARTS) is 1. The molecule has 4 rings (SSSR count). The molecule has 184 valence electrons. The van der Waals surface area contributed by atoms with Crippen LogP contribution in [-0.4, -0.2) is 27.5 Å². The van der Waals surface area contributed by atoms with Gasteiger partial charge in [0.1, 0.15) is 5.75 Å². The Morgan fingerprint density at radius 1 is 0.944 bits per heavy atom. The van der Waals surface area contributed by atoms with Crippen molar-refractivity contribution in [3.8, 4) is 28.0 Å². The van der Waals surface area contributed by atoms with Crippen molar-refractivity contribution in [2.24, 2.45) is 0 Å². The van der Waals surface area contributed by atoms with Gasteiger partial charge in [0.25, 0.3) is 5.56 Å². The molecule has 0 radical (unpaired) electrons. The third-order valence-corrected chi connectivity index (χ3v) is 7.02. The minimum atomic E-state index is -0.998. The highest BCUT2D eigenvalue weighted by Crippen LogP contribution is 2.33. The first-order valence-corrected chi connectivity index (χ1v) is 12.9. The van der Waals surface area contributed by atoms with E-state index in [4.69, 9.17) is 9.84 Å². The van der Waals surface area contributed by atoms with E-state index in [0.717, 1.165) is 33.8 Å². The van der Waals surface area contributed by atoms with Crippen molar-refractivity contribution in [1.29, 1.82) is 0 Å². The van der Waals surface area contributed by atoms with Gasteiger partial charge in [-0.05, 0) is 78.1 Å². The van der Waals surface area contributed by atoms with Gasteiger partial charge in [-0.2, -0.15) is 0 Å². The molecule has 5 nitrogen and oxygen atoms in total. The molecular weight excluding hydrogens is 470 g/mol. The van der Waals surface area contributed by atoms with Crippen LogP contribution in [-0.2, 0) is 11.3 Å². The Balaban J connectivity index is 1.44. The van der Waals surface area contributed by atoms with E-state index >= 15 is 0 Å². The lowest BCUT2D eigenvalue weighted by molar-refractivity contribution is -0.144. The molecule has 1 atom stereocenters. The van der Waals surface area contributed by atoms with Gasteiger partial charge in [-0.1, -0.05) is 54.6 Å². The van der Waals surface area contributed by atoms with Gasteiger partial charge >= 0.3 is 5.97 Å². The van der Waals surface area contributed by atoms with Gasteiger partial charge in [-0.25, -0.2) is 4.79 Å². The second-order valence-corrected chi connectivity index (χ2v) is 9.75. The number of carboxylic acids is 1. The van der Waals surface area contributed by atoms with Crippen LogP contribution in [0.5, 0.6) is 5.75 Å². The molecule has 1 aromatic heterocycles. The SMILES string of the molecule is Cc1ccccc1-c1ccccc1-c1ccc(=O)n(CCCSc2cccc(O[C@@H](C)C(=O)O)c2)c1. The van der Waals surface area contributed by atoms with E-state index in [2.05, 4.69) is 31.2 Å². The number of hydrogen-bond acceptors (Lipinski definition) is 4. The van der Waals surface area contributed by atoms with Gasteiger partial charge in [0.2, 0.25) is 0 Å². The van der Waals surface area contributed by atoms with Crippen LogP contribution >= 0.6 is 11.8 Å². The first kappa shape index (κ1) is 25.3. The van der Waals surface area contributed by atoms with E-state index in [1.54, 1.807) is 28.5 Å². The summed E-state index contributed by atoms with van der Waals surface area (Å²) >= 11 is 1.65. The van der Waals surface area contributed by atoms with E-state index in [1.807, 2.05) is 54.7 Å². The molecule has 1 heterocycles. The number of nitrogens with zero attached hydrogens (tertiary/aromatic N) is 1. The van der Waals surface area contributed by atoms with Crippen LogP contribution in [0.4, 0.5) is 0 Å². The average Bonchev–Trinajstić information content (AvgIpc) is 2.88. The van der Waals surface area contributed by atoms with Crippen molar-refractivity contribution < 1.29 is 14.6 Å². The molecule has 0 unspecified atom stereocenters. The number of aromatic nitrogens is 1. The molecule has 0 aliphatic heterocycles. The van der Waals surface area contributed by atoms with Gasteiger partial charge < -0.3 is 14.4 Å². The van der Waals surface area contributed by atoms with E-state index in [-0.39, 0.29) is 5.56 Å². The minimum absolute atomic E-state index is 0.0184. The zero-order valence-corrected chi connectivity index (χ0v) is 21.2. The maximum Gasteiger partial charge on any atom is 0.344 e. The maximum absolute atomic E-state index is 12.6. The van der Waals surface area contributed by atoms with Gasteiger partial charge in [0.05, 0.1) is 0 Å². The Labute approximate surface area is 215 Å². The molecule has 36 heavy (non-hydrogen) atoms. The first-order valence-electron chi connectivity index (χ1n) is 11.9. The molecule has 0 aliphatic carbocycles. The second-order valence-electron chi connectivity index (χ2n) is 8.59. The van der Waals surface area contributed by atoms with Crippen LogP contribution < -0.4 is 10.3 Å². The summed E-state index contributed by atoms with van der Waals surface area (Å²) in [6.07, 6.45) is 1.86. The van der Waals surface area contributed by atoms with Crippen molar-refractivity contribution in [2.45, 2.75) is 37.8 Å². The second kappa shape index (κ2) is 11.8. The Morgan fingerprint density at radius 2 is 1.67 bits per heavy atom. The number of pyridine rings is 1. The number of aliphatic carboxylic acids is 1. The summed E-state index contributed by atoms with van der Waals surface area (Å²) in [7, 11) is 0. The van der Waals surface area contributed by atoms with Crippen molar-refractivity contribution in [2.75, 3.05) is 5.75 Å². The van der Waals surface area contributed by atoms with Gasteiger partial charge in [-0.3, -0.25) is 4.79 Å². The minimum Gasteiger partial charge on any atom is -0.479 e. The van der Waals surface area contributed by atoms with Crippen LogP contribution in [0.2, 0.25) is 0 Å². The molecule has 4 aromatic rings. The predicted octanol–water partition coefficient (Wildman–Crippen LogP) is 6.53. The lowest BCUT2D eigenvalue weighted by Gasteiger charge is -2.14. The third kappa shape index (κ3) is 6.26. The highest BCUT2D eigenvalue weighted by Gasteiger charge is 2.13. The fourth-order valence-corrected chi connectivity index (χ4v) is 4.91. The Kier molecular flexibility index (Phi) is 8.28. The summed E-state index contributed by atoms with van der Waals surface area (Å²) in [6.45, 7) is 4.23. The normalized spacial score (nSPS) is 11.7. The smallest absolute Gasteiger partial charge is 0.344 e. The largest absolute Gasteiger partial charge is 0.479 e. The van der Waals surface area contributed by atoms with E-state index in [0.29, 0.717) is 12.3 Å². The molecular formula is C30H29NO4S. The molecule has 0 saturated carbocycles. The van der Waals surface area contributed by atoms with Crippen LogP contribution in [0.3, 0.4) is 0 Å². The molecule has 0 saturated heterocycles. The summed E-state index contributed by atoms with van der Waals surface area (Å²) in [5.41, 5.74) is 5.64. The standard InChI is InChI=1S/C30H29NO4S/c1-21-9-3-4-12-26(21)28-14-6-5-13-27(28)23-15-16-29(32)31(20-23)17-8-18-36-25-11-7-10-24(19-25)35-22(2)30(33)34/h3-7,9-16,19-20,22H,8,17-18H2,1-2H3,(H,33,34)/t22-/m0/s1. The lowest BCUT2D eigenvalue weighted by Crippen LogP contribution is -2.22. The molecule has 0 bridgehead atoms. The predicted molar refractivity (Wildman–Crippen MR) is 146 cm³/mol. The molecule has 0 fully saturated rings. The quantitative estimate of drug-likeness (QED) is 0.199. The van der Waals surface area contributed by atoms with Gasteiger partial charge in [0, 0.05) is 23.7 Å². The number of thioether (sulfide) groups is 1. The Morgan fingerprint density at radius 3 is 2.42 bits per heavy atom. The van der Waals surface area contributed by atoms with Crippen molar-refractivity contribution in [3.05, 3.63) is 107 Å². The summed E-state index contributed by atoms with van der Waals surface area (Å²) in [5.74, 6) is 0.349. The number of benzene rings is 3. The summed E-state index contributed by atoms with van der Waals surface area (Å²) in [5, 5.41) is 9.04. The van der Waals surface area contributed by atoms with Gasteiger partial charge in [-0.15, -0.1) is 11.8 Å². The van der Waals surface area contributed by atoms with Crippen LogP contribution in [0.1, 0.15) is 18.9 Å². The Hall–Kier alpha value is -3.77. The fraction of sp³-hybridized carbons (Fsp3) is 0.200. The lowest BCUT2D eigenvalue weighted by atomic mass is 9.93. The fourth-order valence-electron chi connectivity index (χ4n) is 4.03. The van der Waals surface area contributed by atoms with Crippen molar-refractivity contribution in [1.82, 2.24) is 4.57 Å². The summed E-state index contributed by atoms with van der Waals surface area (Å²) < 4.78 is 7.23. The topological polar surface area (TPSA) is 68.5 Å². The average molecular weight is 500 g/mol. The first-order chi connectivity index (χ1) is 17.4. The zero-order chi connectivity index (χ0) is 25.5. The van der Waals surface area contributed by atoms with E-state index in [1.165, 1.54) is 18.1 Å². The van der Waals surface area contributed by atoms with Gasteiger partial charge in [0.15, 0.2) is 6.10 Å². The molecule has 0 spiro atoms. The Bertz CT molecular complexity index is 1410. The number of carbonyl (C=O) groups is 1. The van der Waals surface area contributed by atoms with Crippen LogP contribution in [0, 0.1) is 6.92 Å². The molecule has 1 N–H and O–H groups in total. The monoisotopic (exact) mass is 499 g/mol. The maximum atomic E-state index is 12.6. The highest BCUT2D eigenvalue weighted by atomic mass is 32.2. The number of aryl methyl sites for hydroxylation is 2. The number of hydrogen-bond donors (Lipinski definition) is 1. The molecule has 3 aromatic carbocycles.